The standard InChI is InChI=1S/C15H21NO4/c1-11-4-3-5-12(2)15(11)20-10-14(18)16-6-7-19-13(8-16)9-17/h3-5,13,17H,6-10H2,1-2H3. The molecule has 1 fully saturated rings. The largest absolute Gasteiger partial charge is 0.483 e. The predicted octanol–water partition coefficient (Wildman–Crippen LogP) is 0.902. The van der Waals surface area contributed by atoms with E-state index in [9.17, 15) is 4.79 Å². The van der Waals surface area contributed by atoms with E-state index in [-0.39, 0.29) is 25.2 Å². The monoisotopic (exact) mass is 279 g/mol. The Bertz CT molecular complexity index is 455. The van der Waals surface area contributed by atoms with Gasteiger partial charge in [-0.2, -0.15) is 0 Å². The maximum Gasteiger partial charge on any atom is 0.260 e. The van der Waals surface area contributed by atoms with Crippen LogP contribution in [0, 0.1) is 13.8 Å². The van der Waals surface area contributed by atoms with Gasteiger partial charge in [0.2, 0.25) is 0 Å². The zero-order chi connectivity index (χ0) is 14.5. The Labute approximate surface area is 119 Å². The molecule has 1 N–H and O–H groups in total. The number of hydrogen-bond acceptors (Lipinski definition) is 4. The van der Waals surface area contributed by atoms with E-state index in [0.717, 1.165) is 16.9 Å². The van der Waals surface area contributed by atoms with Gasteiger partial charge < -0.3 is 19.5 Å². The fourth-order valence-electron chi connectivity index (χ4n) is 2.31. The number of ether oxygens (including phenoxy) is 2. The van der Waals surface area contributed by atoms with Crippen molar-refractivity contribution in [3.05, 3.63) is 29.3 Å². The van der Waals surface area contributed by atoms with E-state index in [2.05, 4.69) is 0 Å². The Morgan fingerprint density at radius 1 is 1.45 bits per heavy atom. The Balaban J connectivity index is 1.92. The third-order valence-electron chi connectivity index (χ3n) is 3.44. The molecule has 0 saturated carbocycles. The molecule has 0 bridgehead atoms. The van der Waals surface area contributed by atoms with Gasteiger partial charge in [-0.05, 0) is 25.0 Å². The molecule has 0 aliphatic carbocycles. The van der Waals surface area contributed by atoms with Crippen LogP contribution in [0.3, 0.4) is 0 Å². The van der Waals surface area contributed by atoms with Crippen molar-refractivity contribution in [2.75, 3.05) is 32.9 Å². The first-order valence-corrected chi connectivity index (χ1v) is 6.81. The SMILES string of the molecule is Cc1cccc(C)c1OCC(=O)N1CCOC(CO)C1. The van der Waals surface area contributed by atoms with Crippen LogP contribution in [0.1, 0.15) is 11.1 Å². The summed E-state index contributed by atoms with van der Waals surface area (Å²) in [6.07, 6.45) is -0.284. The second-order valence-corrected chi connectivity index (χ2v) is 5.02. The highest BCUT2D eigenvalue weighted by atomic mass is 16.5. The summed E-state index contributed by atoms with van der Waals surface area (Å²) in [6, 6.07) is 5.89. The van der Waals surface area contributed by atoms with Crippen LogP contribution in [0.25, 0.3) is 0 Å². The Kier molecular flexibility index (Phi) is 4.98. The molecule has 110 valence electrons. The number of nitrogens with zero attached hydrogens (tertiary/aromatic N) is 1. The molecule has 1 amide bonds. The summed E-state index contributed by atoms with van der Waals surface area (Å²) in [4.78, 5) is 13.8. The van der Waals surface area contributed by atoms with Gasteiger partial charge in [-0.1, -0.05) is 18.2 Å². The van der Waals surface area contributed by atoms with Crippen LogP contribution in [0.4, 0.5) is 0 Å². The summed E-state index contributed by atoms with van der Waals surface area (Å²) >= 11 is 0. The maximum atomic E-state index is 12.1. The number of aliphatic hydroxyl groups is 1. The molecule has 1 aromatic rings. The highest BCUT2D eigenvalue weighted by molar-refractivity contribution is 5.78. The minimum Gasteiger partial charge on any atom is -0.483 e. The van der Waals surface area contributed by atoms with Crippen LogP contribution < -0.4 is 4.74 Å². The van der Waals surface area contributed by atoms with Gasteiger partial charge in [0.05, 0.1) is 19.3 Å². The van der Waals surface area contributed by atoms with Crippen molar-refractivity contribution in [3.63, 3.8) is 0 Å². The molecular weight excluding hydrogens is 258 g/mol. The van der Waals surface area contributed by atoms with E-state index in [1.807, 2.05) is 32.0 Å². The molecule has 1 saturated heterocycles. The van der Waals surface area contributed by atoms with Crippen molar-refractivity contribution in [1.29, 1.82) is 0 Å². The normalized spacial score (nSPS) is 18.9. The number of carbonyl (C=O) groups excluding carboxylic acids is 1. The van der Waals surface area contributed by atoms with Gasteiger partial charge in [0.15, 0.2) is 6.61 Å². The quantitative estimate of drug-likeness (QED) is 0.889. The van der Waals surface area contributed by atoms with Crippen LogP contribution in [-0.4, -0.2) is 54.9 Å². The molecule has 1 aromatic carbocycles. The first-order chi connectivity index (χ1) is 9.61. The minimum absolute atomic E-state index is 0.0177. The van der Waals surface area contributed by atoms with Crippen molar-refractivity contribution in [1.82, 2.24) is 4.90 Å². The van der Waals surface area contributed by atoms with Gasteiger partial charge in [0.1, 0.15) is 5.75 Å². The number of aliphatic hydroxyl groups excluding tert-OH is 1. The fraction of sp³-hybridized carbons (Fsp3) is 0.533. The van der Waals surface area contributed by atoms with Gasteiger partial charge in [-0.25, -0.2) is 0 Å². The average molecular weight is 279 g/mol. The Morgan fingerprint density at radius 2 is 2.15 bits per heavy atom. The van der Waals surface area contributed by atoms with Crippen molar-refractivity contribution in [2.24, 2.45) is 0 Å². The molecule has 5 heteroatoms. The number of benzene rings is 1. The number of morpholine rings is 1. The summed E-state index contributed by atoms with van der Waals surface area (Å²) in [7, 11) is 0. The van der Waals surface area contributed by atoms with Gasteiger partial charge in [0.25, 0.3) is 5.91 Å². The van der Waals surface area contributed by atoms with E-state index < -0.39 is 0 Å². The van der Waals surface area contributed by atoms with Crippen molar-refractivity contribution < 1.29 is 19.4 Å². The molecule has 0 aromatic heterocycles. The number of hydrogen-bond donors (Lipinski definition) is 1. The smallest absolute Gasteiger partial charge is 0.260 e. The van der Waals surface area contributed by atoms with Crippen LogP contribution >= 0.6 is 0 Å². The number of aryl methyl sites for hydroxylation is 2. The minimum atomic E-state index is -0.284. The molecule has 1 heterocycles. The third kappa shape index (κ3) is 3.49. The summed E-state index contributed by atoms with van der Waals surface area (Å²) in [5.74, 6) is 0.697. The highest BCUT2D eigenvalue weighted by Crippen LogP contribution is 2.22. The summed E-state index contributed by atoms with van der Waals surface area (Å²) in [5.41, 5.74) is 2.04. The second-order valence-electron chi connectivity index (χ2n) is 5.02. The third-order valence-corrected chi connectivity index (χ3v) is 3.44. The Hall–Kier alpha value is -1.59. The van der Waals surface area contributed by atoms with Crippen LogP contribution in [0.5, 0.6) is 5.75 Å². The van der Waals surface area contributed by atoms with Gasteiger partial charge in [-0.15, -0.1) is 0 Å². The molecule has 1 aliphatic heterocycles. The van der Waals surface area contributed by atoms with Crippen LogP contribution in [0.15, 0.2) is 18.2 Å². The number of rotatable bonds is 4. The highest BCUT2D eigenvalue weighted by Gasteiger charge is 2.24. The zero-order valence-corrected chi connectivity index (χ0v) is 12.0. The van der Waals surface area contributed by atoms with Gasteiger partial charge in [-0.3, -0.25) is 4.79 Å². The van der Waals surface area contributed by atoms with E-state index in [0.29, 0.717) is 19.7 Å². The molecule has 20 heavy (non-hydrogen) atoms. The number of amides is 1. The zero-order valence-electron chi connectivity index (χ0n) is 12.0. The lowest BCUT2D eigenvalue weighted by Crippen LogP contribution is -2.48. The van der Waals surface area contributed by atoms with E-state index in [4.69, 9.17) is 14.6 Å². The lowest BCUT2D eigenvalue weighted by Gasteiger charge is -2.32. The van der Waals surface area contributed by atoms with Gasteiger partial charge in [0, 0.05) is 13.1 Å². The lowest BCUT2D eigenvalue weighted by atomic mass is 10.1. The molecule has 2 rings (SSSR count). The fourth-order valence-corrected chi connectivity index (χ4v) is 2.31. The molecule has 1 unspecified atom stereocenters. The van der Waals surface area contributed by atoms with E-state index in [1.54, 1.807) is 4.90 Å². The number of para-hydroxylation sites is 1. The summed E-state index contributed by atoms with van der Waals surface area (Å²) < 4.78 is 11.0. The molecule has 1 aliphatic rings. The molecule has 1 atom stereocenters. The molecule has 0 spiro atoms. The molecular formula is C15H21NO4. The molecule has 0 radical (unpaired) electrons. The first-order valence-electron chi connectivity index (χ1n) is 6.81. The van der Waals surface area contributed by atoms with E-state index >= 15 is 0 Å². The van der Waals surface area contributed by atoms with Crippen molar-refractivity contribution >= 4 is 5.91 Å². The Morgan fingerprint density at radius 3 is 2.80 bits per heavy atom. The van der Waals surface area contributed by atoms with Crippen molar-refractivity contribution in [3.8, 4) is 5.75 Å². The second kappa shape index (κ2) is 6.72. The first kappa shape index (κ1) is 14.8. The van der Waals surface area contributed by atoms with Crippen molar-refractivity contribution in [2.45, 2.75) is 20.0 Å². The summed E-state index contributed by atoms with van der Waals surface area (Å²) in [5, 5.41) is 9.08. The van der Waals surface area contributed by atoms with E-state index in [1.165, 1.54) is 0 Å². The van der Waals surface area contributed by atoms with Gasteiger partial charge >= 0.3 is 0 Å². The average Bonchev–Trinajstić information content (AvgIpc) is 2.46. The maximum absolute atomic E-state index is 12.1. The van der Waals surface area contributed by atoms with Crippen LogP contribution in [0.2, 0.25) is 0 Å². The lowest BCUT2D eigenvalue weighted by molar-refractivity contribution is -0.142. The predicted molar refractivity (Wildman–Crippen MR) is 74.8 cm³/mol. The summed E-state index contributed by atoms with van der Waals surface area (Å²) in [6.45, 7) is 5.30. The molecule has 5 nitrogen and oxygen atoms in total. The topological polar surface area (TPSA) is 59.0 Å². The number of carbonyl (C=O) groups is 1. The van der Waals surface area contributed by atoms with Crippen LogP contribution in [-0.2, 0) is 9.53 Å².